The first kappa shape index (κ1) is 14.8. The van der Waals surface area contributed by atoms with Crippen LogP contribution in [-0.4, -0.2) is 55.2 Å². The molecule has 0 bridgehead atoms. The van der Waals surface area contributed by atoms with E-state index in [0.29, 0.717) is 12.6 Å². The summed E-state index contributed by atoms with van der Waals surface area (Å²) in [6.45, 7) is 5.60. The van der Waals surface area contributed by atoms with Gasteiger partial charge >= 0.3 is 0 Å². The zero-order chi connectivity index (χ0) is 13.7. The van der Waals surface area contributed by atoms with E-state index < -0.39 is 0 Å². The lowest BCUT2D eigenvalue weighted by Crippen LogP contribution is -2.44. The number of rotatable bonds is 5. The van der Waals surface area contributed by atoms with Gasteiger partial charge in [0.2, 0.25) is 5.91 Å². The molecule has 0 aromatic carbocycles. The van der Waals surface area contributed by atoms with Crippen molar-refractivity contribution in [1.82, 2.24) is 10.2 Å². The summed E-state index contributed by atoms with van der Waals surface area (Å²) in [5.74, 6) is 0.0283. The number of hydrogen-bond donors (Lipinski definition) is 2. The van der Waals surface area contributed by atoms with Crippen molar-refractivity contribution in [3.8, 4) is 0 Å². The maximum Gasteiger partial charge on any atom is 0.249 e. The van der Waals surface area contributed by atoms with E-state index in [2.05, 4.69) is 17.1 Å². The van der Waals surface area contributed by atoms with Gasteiger partial charge in [0, 0.05) is 25.7 Å². The smallest absolute Gasteiger partial charge is 0.249 e. The molecule has 19 heavy (non-hydrogen) atoms. The Labute approximate surface area is 115 Å². The molecule has 2 rings (SSSR count). The molecule has 1 unspecified atom stereocenters. The molecule has 0 aromatic rings. The Morgan fingerprint density at radius 1 is 1.37 bits per heavy atom. The van der Waals surface area contributed by atoms with Crippen LogP contribution in [0.15, 0.2) is 0 Å². The number of carbonyl (C=O) groups excluding carboxylic acids is 1. The largest absolute Gasteiger partial charge is 0.364 e. The molecule has 2 saturated heterocycles. The highest BCUT2D eigenvalue weighted by Crippen LogP contribution is 2.19. The minimum atomic E-state index is -0.285. The monoisotopic (exact) mass is 269 g/mol. The van der Waals surface area contributed by atoms with Crippen LogP contribution in [0.4, 0.5) is 0 Å². The third-order valence-corrected chi connectivity index (χ3v) is 4.30. The Balaban J connectivity index is 1.64. The van der Waals surface area contributed by atoms with E-state index in [-0.39, 0.29) is 18.1 Å². The molecule has 2 aliphatic rings. The minimum absolute atomic E-state index is 0.0283. The van der Waals surface area contributed by atoms with E-state index in [4.69, 9.17) is 10.5 Å². The summed E-state index contributed by atoms with van der Waals surface area (Å²) in [6.07, 6.45) is 5.37. The van der Waals surface area contributed by atoms with E-state index in [1.165, 1.54) is 19.3 Å². The lowest BCUT2D eigenvalue weighted by Gasteiger charge is -2.33. The van der Waals surface area contributed by atoms with Crippen LogP contribution in [0.3, 0.4) is 0 Å². The first-order valence-corrected chi connectivity index (χ1v) is 7.58. The molecular formula is C14H27N3O2. The summed E-state index contributed by atoms with van der Waals surface area (Å²) in [6, 6.07) is 0.648. The van der Waals surface area contributed by atoms with Gasteiger partial charge in [-0.3, -0.25) is 9.69 Å². The number of nitrogens with zero attached hydrogens (tertiary/aromatic N) is 1. The van der Waals surface area contributed by atoms with Crippen LogP contribution < -0.4 is 11.1 Å². The number of hydrogen-bond acceptors (Lipinski definition) is 4. The third kappa shape index (κ3) is 4.16. The van der Waals surface area contributed by atoms with Crippen LogP contribution >= 0.6 is 0 Å². The van der Waals surface area contributed by atoms with Gasteiger partial charge in [0.15, 0.2) is 0 Å². The summed E-state index contributed by atoms with van der Waals surface area (Å²) >= 11 is 0. The predicted octanol–water partition coefficient (Wildman–Crippen LogP) is 0.483. The molecule has 2 fully saturated rings. The molecule has 0 spiro atoms. The number of carbonyl (C=O) groups is 1. The molecule has 3 atom stereocenters. The molecule has 0 saturated carbocycles. The molecule has 3 N–H and O–H groups in total. The number of nitrogens with one attached hydrogen (secondary N) is 1. The molecule has 0 aromatic heterocycles. The Bertz CT molecular complexity index is 298. The molecule has 5 heteroatoms. The number of likely N-dealkylation sites (tertiary alicyclic amines) is 1. The Morgan fingerprint density at radius 2 is 2.21 bits per heavy atom. The van der Waals surface area contributed by atoms with Gasteiger partial charge in [-0.15, -0.1) is 0 Å². The summed E-state index contributed by atoms with van der Waals surface area (Å²) < 4.78 is 5.59. The highest BCUT2D eigenvalue weighted by Gasteiger charge is 2.29. The first-order valence-electron chi connectivity index (χ1n) is 7.58. The molecule has 2 aliphatic heterocycles. The molecule has 2 heterocycles. The van der Waals surface area contributed by atoms with Gasteiger partial charge in [0.05, 0.1) is 6.10 Å². The van der Waals surface area contributed by atoms with Crippen molar-refractivity contribution in [2.75, 3.05) is 26.2 Å². The fourth-order valence-electron chi connectivity index (χ4n) is 3.00. The van der Waals surface area contributed by atoms with Gasteiger partial charge in [0.25, 0.3) is 0 Å². The highest BCUT2D eigenvalue weighted by atomic mass is 16.5. The molecule has 5 nitrogen and oxygen atoms in total. The minimum Gasteiger partial charge on any atom is -0.364 e. The summed E-state index contributed by atoms with van der Waals surface area (Å²) in [5, 5.41) is 2.99. The Kier molecular flexibility index (Phi) is 5.60. The average molecular weight is 269 g/mol. The molecule has 0 radical (unpaired) electrons. The molecular weight excluding hydrogens is 242 g/mol. The average Bonchev–Trinajstić information content (AvgIpc) is 2.90. The summed E-state index contributed by atoms with van der Waals surface area (Å²) in [5.41, 5.74) is 5.55. The lowest BCUT2D eigenvalue weighted by atomic mass is 10.0. The molecule has 1 amide bonds. The van der Waals surface area contributed by atoms with E-state index in [1.54, 1.807) is 0 Å². The van der Waals surface area contributed by atoms with Gasteiger partial charge < -0.3 is 15.8 Å². The normalized spacial score (nSPS) is 32.4. The number of nitrogens with two attached hydrogens (primary N) is 1. The highest BCUT2D eigenvalue weighted by molar-refractivity contribution is 5.81. The van der Waals surface area contributed by atoms with E-state index >= 15 is 0 Å². The quantitative estimate of drug-likeness (QED) is 0.762. The van der Waals surface area contributed by atoms with Crippen molar-refractivity contribution >= 4 is 5.91 Å². The van der Waals surface area contributed by atoms with Gasteiger partial charge in [0.1, 0.15) is 6.10 Å². The van der Waals surface area contributed by atoms with Crippen molar-refractivity contribution in [3.63, 3.8) is 0 Å². The van der Waals surface area contributed by atoms with Crippen LogP contribution in [0.2, 0.25) is 0 Å². The van der Waals surface area contributed by atoms with Crippen LogP contribution in [0.1, 0.15) is 39.0 Å². The van der Waals surface area contributed by atoms with Crippen molar-refractivity contribution in [3.05, 3.63) is 0 Å². The predicted molar refractivity (Wildman–Crippen MR) is 74.8 cm³/mol. The van der Waals surface area contributed by atoms with Gasteiger partial charge in [-0.1, -0.05) is 6.42 Å². The number of amides is 1. The fraction of sp³-hybridized carbons (Fsp3) is 0.929. The fourth-order valence-corrected chi connectivity index (χ4v) is 3.00. The SMILES string of the molecule is CC1CCCCN1CCNC(=O)[C@@H]1CC[C@H](CN)O1. The van der Waals surface area contributed by atoms with Gasteiger partial charge in [-0.25, -0.2) is 0 Å². The van der Waals surface area contributed by atoms with E-state index in [1.807, 2.05) is 0 Å². The van der Waals surface area contributed by atoms with Gasteiger partial charge in [-0.05, 0) is 39.2 Å². The third-order valence-electron chi connectivity index (χ3n) is 4.30. The van der Waals surface area contributed by atoms with Crippen molar-refractivity contribution in [2.45, 2.75) is 57.3 Å². The zero-order valence-corrected chi connectivity index (χ0v) is 11.9. The van der Waals surface area contributed by atoms with Crippen LogP contribution in [0.25, 0.3) is 0 Å². The first-order chi connectivity index (χ1) is 9.20. The Hall–Kier alpha value is -0.650. The van der Waals surface area contributed by atoms with Crippen LogP contribution in [-0.2, 0) is 9.53 Å². The maximum atomic E-state index is 11.9. The summed E-state index contributed by atoms with van der Waals surface area (Å²) in [7, 11) is 0. The van der Waals surface area contributed by atoms with Crippen molar-refractivity contribution in [2.24, 2.45) is 5.73 Å². The second-order valence-corrected chi connectivity index (χ2v) is 5.73. The topological polar surface area (TPSA) is 67.6 Å². The van der Waals surface area contributed by atoms with Gasteiger partial charge in [-0.2, -0.15) is 0 Å². The van der Waals surface area contributed by atoms with Crippen molar-refractivity contribution < 1.29 is 9.53 Å². The molecule has 110 valence electrons. The van der Waals surface area contributed by atoms with Crippen molar-refractivity contribution in [1.29, 1.82) is 0 Å². The summed E-state index contributed by atoms with van der Waals surface area (Å²) in [4.78, 5) is 14.4. The maximum absolute atomic E-state index is 11.9. The molecule has 0 aliphatic carbocycles. The van der Waals surface area contributed by atoms with E-state index in [0.717, 1.165) is 32.5 Å². The lowest BCUT2D eigenvalue weighted by molar-refractivity contribution is -0.131. The zero-order valence-electron chi connectivity index (χ0n) is 11.9. The standard InChI is InChI=1S/C14H27N3O2/c1-11-4-2-3-8-17(11)9-7-16-14(18)13-6-5-12(10-15)19-13/h11-13H,2-10,15H2,1H3,(H,16,18)/t11?,12-,13+/m1/s1. The second kappa shape index (κ2) is 7.22. The van der Waals surface area contributed by atoms with Crippen LogP contribution in [0.5, 0.6) is 0 Å². The van der Waals surface area contributed by atoms with E-state index in [9.17, 15) is 4.79 Å². The number of ether oxygens (including phenoxy) is 1. The van der Waals surface area contributed by atoms with Crippen LogP contribution in [0, 0.1) is 0 Å². The Morgan fingerprint density at radius 3 is 2.89 bits per heavy atom. The second-order valence-electron chi connectivity index (χ2n) is 5.73. The number of piperidine rings is 1.